The highest BCUT2D eigenvalue weighted by Crippen LogP contribution is 2.23. The van der Waals surface area contributed by atoms with Gasteiger partial charge in [0.2, 0.25) is 0 Å². The molecule has 5 heteroatoms. The smallest absolute Gasteiger partial charge is 0.341 e. The summed E-state index contributed by atoms with van der Waals surface area (Å²) in [5.74, 6) is 0.114. The van der Waals surface area contributed by atoms with Gasteiger partial charge < -0.3 is 14.2 Å². The first-order chi connectivity index (χ1) is 10.5. The van der Waals surface area contributed by atoms with E-state index in [9.17, 15) is 9.59 Å². The van der Waals surface area contributed by atoms with E-state index < -0.39 is 5.97 Å². The van der Waals surface area contributed by atoms with Gasteiger partial charge in [0.25, 0.3) is 0 Å². The molecule has 0 saturated carbocycles. The van der Waals surface area contributed by atoms with Crippen molar-refractivity contribution in [1.29, 1.82) is 0 Å². The van der Waals surface area contributed by atoms with Crippen LogP contribution in [0.2, 0.25) is 0 Å². The van der Waals surface area contributed by atoms with E-state index in [1.165, 1.54) is 7.11 Å². The standard InChI is InChI=1S/C17H24O5/c1-12(2)15(18)10-13-6-7-14(17(19)21-4)16(11-13)22-9-5-8-20-3/h6-7,11-12H,5,8-10H2,1-4H3. The number of hydrogen-bond acceptors (Lipinski definition) is 5. The summed E-state index contributed by atoms with van der Waals surface area (Å²) in [6.07, 6.45) is 1.04. The van der Waals surface area contributed by atoms with Crippen LogP contribution in [0.1, 0.15) is 36.2 Å². The number of hydrogen-bond donors (Lipinski definition) is 0. The van der Waals surface area contributed by atoms with Crippen LogP contribution in [0.25, 0.3) is 0 Å². The van der Waals surface area contributed by atoms with Gasteiger partial charge in [0.1, 0.15) is 17.1 Å². The number of Topliss-reactive ketones (excluding diaryl/α,β-unsaturated/α-hetero) is 1. The number of benzene rings is 1. The zero-order chi connectivity index (χ0) is 16.5. The van der Waals surface area contributed by atoms with Crippen molar-refractivity contribution < 1.29 is 23.8 Å². The van der Waals surface area contributed by atoms with Crippen LogP contribution in [0.4, 0.5) is 0 Å². The monoisotopic (exact) mass is 308 g/mol. The van der Waals surface area contributed by atoms with Crippen molar-refractivity contribution in [2.45, 2.75) is 26.7 Å². The second-order valence-electron chi connectivity index (χ2n) is 5.31. The van der Waals surface area contributed by atoms with Gasteiger partial charge in [-0.15, -0.1) is 0 Å². The zero-order valence-corrected chi connectivity index (χ0v) is 13.7. The Kier molecular flexibility index (Phi) is 7.60. The Morgan fingerprint density at radius 3 is 2.45 bits per heavy atom. The maximum Gasteiger partial charge on any atom is 0.341 e. The van der Waals surface area contributed by atoms with E-state index in [0.29, 0.717) is 37.4 Å². The van der Waals surface area contributed by atoms with Crippen molar-refractivity contribution >= 4 is 11.8 Å². The predicted molar refractivity (Wildman–Crippen MR) is 83.3 cm³/mol. The lowest BCUT2D eigenvalue weighted by molar-refractivity contribution is -0.121. The summed E-state index contributed by atoms with van der Waals surface area (Å²) in [4.78, 5) is 23.6. The maximum atomic E-state index is 11.8. The summed E-state index contributed by atoms with van der Waals surface area (Å²) in [6, 6.07) is 5.13. The topological polar surface area (TPSA) is 61.8 Å². The van der Waals surface area contributed by atoms with E-state index in [0.717, 1.165) is 5.56 Å². The van der Waals surface area contributed by atoms with E-state index in [2.05, 4.69) is 0 Å². The van der Waals surface area contributed by atoms with Crippen molar-refractivity contribution in [1.82, 2.24) is 0 Å². The molecule has 1 rings (SSSR count). The van der Waals surface area contributed by atoms with Crippen molar-refractivity contribution in [3.63, 3.8) is 0 Å². The molecular formula is C17H24O5. The Labute approximate surface area is 131 Å². The molecule has 0 heterocycles. The predicted octanol–water partition coefficient (Wildman–Crippen LogP) is 2.66. The Balaban J connectivity index is 2.90. The lowest BCUT2D eigenvalue weighted by Gasteiger charge is -2.12. The van der Waals surface area contributed by atoms with Gasteiger partial charge in [0.15, 0.2) is 0 Å². The highest BCUT2D eigenvalue weighted by molar-refractivity contribution is 5.93. The normalized spacial score (nSPS) is 10.6. The highest BCUT2D eigenvalue weighted by atomic mass is 16.5. The van der Waals surface area contributed by atoms with Gasteiger partial charge in [0, 0.05) is 32.5 Å². The number of ketones is 1. The number of carbonyl (C=O) groups excluding carboxylic acids is 2. The molecular weight excluding hydrogens is 284 g/mol. The Bertz CT molecular complexity index is 508. The average molecular weight is 308 g/mol. The van der Waals surface area contributed by atoms with Crippen molar-refractivity contribution in [2.24, 2.45) is 5.92 Å². The first kappa shape index (κ1) is 18.2. The highest BCUT2D eigenvalue weighted by Gasteiger charge is 2.16. The Hall–Kier alpha value is -1.88. The maximum absolute atomic E-state index is 11.8. The van der Waals surface area contributed by atoms with E-state index in [1.54, 1.807) is 25.3 Å². The van der Waals surface area contributed by atoms with Gasteiger partial charge in [0.05, 0.1) is 13.7 Å². The average Bonchev–Trinajstić information content (AvgIpc) is 2.51. The molecule has 0 unspecified atom stereocenters. The van der Waals surface area contributed by atoms with E-state index in [1.807, 2.05) is 13.8 Å². The van der Waals surface area contributed by atoms with Crippen LogP contribution in [-0.4, -0.2) is 39.2 Å². The Morgan fingerprint density at radius 2 is 1.86 bits per heavy atom. The van der Waals surface area contributed by atoms with E-state index >= 15 is 0 Å². The Morgan fingerprint density at radius 1 is 1.14 bits per heavy atom. The molecule has 122 valence electrons. The molecule has 0 bridgehead atoms. The molecule has 0 radical (unpaired) electrons. The molecule has 0 amide bonds. The quantitative estimate of drug-likeness (QED) is 0.518. The van der Waals surface area contributed by atoms with E-state index in [4.69, 9.17) is 14.2 Å². The lowest BCUT2D eigenvalue weighted by atomic mass is 10.00. The summed E-state index contributed by atoms with van der Waals surface area (Å²) < 4.78 is 15.4. The number of rotatable bonds is 9. The van der Waals surface area contributed by atoms with Gasteiger partial charge in [-0.25, -0.2) is 4.79 Å². The third kappa shape index (κ3) is 5.48. The van der Waals surface area contributed by atoms with Crippen LogP contribution in [0, 0.1) is 5.92 Å². The van der Waals surface area contributed by atoms with Crippen LogP contribution in [0.5, 0.6) is 5.75 Å². The minimum Gasteiger partial charge on any atom is -0.493 e. The molecule has 1 aromatic rings. The minimum atomic E-state index is -0.455. The van der Waals surface area contributed by atoms with Gasteiger partial charge >= 0.3 is 5.97 Å². The van der Waals surface area contributed by atoms with Crippen LogP contribution in [0.3, 0.4) is 0 Å². The molecule has 0 saturated heterocycles. The SMILES string of the molecule is COCCCOc1cc(CC(=O)C(C)C)ccc1C(=O)OC. The molecule has 0 aromatic heterocycles. The number of methoxy groups -OCH3 is 2. The molecule has 0 aliphatic heterocycles. The second kappa shape index (κ2) is 9.20. The van der Waals surface area contributed by atoms with Crippen LogP contribution in [-0.2, 0) is 20.7 Å². The van der Waals surface area contributed by atoms with Crippen molar-refractivity contribution in [2.75, 3.05) is 27.4 Å². The largest absolute Gasteiger partial charge is 0.493 e. The number of esters is 1. The van der Waals surface area contributed by atoms with Crippen LogP contribution >= 0.6 is 0 Å². The van der Waals surface area contributed by atoms with E-state index in [-0.39, 0.29) is 11.7 Å². The zero-order valence-electron chi connectivity index (χ0n) is 13.7. The molecule has 1 aromatic carbocycles. The van der Waals surface area contributed by atoms with Gasteiger partial charge in [-0.2, -0.15) is 0 Å². The first-order valence-electron chi connectivity index (χ1n) is 7.35. The lowest BCUT2D eigenvalue weighted by Crippen LogP contribution is -2.12. The third-order valence-electron chi connectivity index (χ3n) is 3.22. The summed E-state index contributed by atoms with van der Waals surface area (Å²) >= 11 is 0. The molecule has 5 nitrogen and oxygen atoms in total. The van der Waals surface area contributed by atoms with Gasteiger partial charge in [-0.3, -0.25) is 4.79 Å². The van der Waals surface area contributed by atoms with Crippen LogP contribution in [0.15, 0.2) is 18.2 Å². The fourth-order valence-electron chi connectivity index (χ4n) is 1.87. The van der Waals surface area contributed by atoms with Gasteiger partial charge in [-0.05, 0) is 17.7 Å². The van der Waals surface area contributed by atoms with Crippen molar-refractivity contribution in [3.05, 3.63) is 29.3 Å². The molecule has 0 atom stereocenters. The molecule has 0 aliphatic carbocycles. The molecule has 22 heavy (non-hydrogen) atoms. The second-order valence-corrected chi connectivity index (χ2v) is 5.31. The van der Waals surface area contributed by atoms with Gasteiger partial charge in [-0.1, -0.05) is 19.9 Å². The molecule has 0 N–H and O–H groups in total. The minimum absolute atomic E-state index is 0.0219. The fraction of sp³-hybridized carbons (Fsp3) is 0.529. The molecule has 0 fully saturated rings. The number of carbonyl (C=O) groups is 2. The molecule has 0 aliphatic rings. The number of ether oxygens (including phenoxy) is 3. The summed E-state index contributed by atoms with van der Waals surface area (Å²) in [6.45, 7) is 4.75. The first-order valence-corrected chi connectivity index (χ1v) is 7.35. The van der Waals surface area contributed by atoms with Crippen LogP contribution < -0.4 is 4.74 Å². The summed E-state index contributed by atoms with van der Waals surface area (Å²) in [5.41, 5.74) is 1.19. The summed E-state index contributed by atoms with van der Waals surface area (Å²) in [7, 11) is 2.95. The third-order valence-corrected chi connectivity index (χ3v) is 3.22. The molecule has 0 spiro atoms. The fourth-order valence-corrected chi connectivity index (χ4v) is 1.87. The van der Waals surface area contributed by atoms with Crippen molar-refractivity contribution in [3.8, 4) is 5.75 Å². The summed E-state index contributed by atoms with van der Waals surface area (Å²) in [5, 5.41) is 0.